The number of carbonyl (C=O) groups excluding carboxylic acids is 3. The van der Waals surface area contributed by atoms with Crippen LogP contribution in [0.25, 0.3) is 6.08 Å². The molecular weight excluding hydrogens is 454 g/mol. The van der Waals surface area contributed by atoms with Crippen molar-refractivity contribution in [3.8, 4) is 5.75 Å². The molecule has 0 radical (unpaired) electrons. The quantitative estimate of drug-likeness (QED) is 0.504. The van der Waals surface area contributed by atoms with Crippen LogP contribution in [0.4, 0.5) is 4.79 Å². The van der Waals surface area contributed by atoms with Crippen LogP contribution in [0.1, 0.15) is 62.2 Å². The molecule has 4 rings (SSSR count). The second kappa shape index (κ2) is 9.97. The average Bonchev–Trinajstić information content (AvgIpc) is 3.38. The van der Waals surface area contributed by atoms with E-state index in [2.05, 4.69) is 5.32 Å². The fourth-order valence-electron chi connectivity index (χ4n) is 3.85. The SMILES string of the molecule is CC(C)(C)OC(=O)N1CCC(c2nc(COc3ccc(/C=C4\CC(=O)NC4=O)cc3)cs2)CC1. The molecule has 2 aliphatic heterocycles. The number of piperidine rings is 1. The first-order valence-corrected chi connectivity index (χ1v) is 12.2. The Balaban J connectivity index is 1.26. The fraction of sp³-hybridized carbons (Fsp3) is 0.440. The smallest absolute Gasteiger partial charge is 0.410 e. The van der Waals surface area contributed by atoms with Gasteiger partial charge in [0.15, 0.2) is 0 Å². The normalized spacial score (nSPS) is 18.3. The predicted molar refractivity (Wildman–Crippen MR) is 128 cm³/mol. The van der Waals surface area contributed by atoms with E-state index < -0.39 is 5.60 Å². The lowest BCUT2D eigenvalue weighted by Crippen LogP contribution is -2.41. The maximum Gasteiger partial charge on any atom is 0.410 e. The lowest BCUT2D eigenvalue weighted by Gasteiger charge is -2.32. The summed E-state index contributed by atoms with van der Waals surface area (Å²) in [6.07, 6.45) is 3.32. The highest BCUT2D eigenvalue weighted by Crippen LogP contribution is 2.31. The minimum Gasteiger partial charge on any atom is -0.487 e. The maximum absolute atomic E-state index is 12.3. The maximum atomic E-state index is 12.3. The van der Waals surface area contributed by atoms with Crippen LogP contribution in [0.15, 0.2) is 35.2 Å². The van der Waals surface area contributed by atoms with Crippen LogP contribution in [0.5, 0.6) is 5.75 Å². The molecule has 2 aromatic rings. The third-order valence-electron chi connectivity index (χ3n) is 5.57. The zero-order chi connectivity index (χ0) is 24.3. The summed E-state index contributed by atoms with van der Waals surface area (Å²) in [6, 6.07) is 7.37. The zero-order valence-electron chi connectivity index (χ0n) is 19.6. The first-order chi connectivity index (χ1) is 16.2. The molecule has 0 aliphatic carbocycles. The number of hydrogen-bond acceptors (Lipinski definition) is 7. The van der Waals surface area contributed by atoms with E-state index in [4.69, 9.17) is 14.5 Å². The molecule has 0 bridgehead atoms. The summed E-state index contributed by atoms with van der Waals surface area (Å²) in [5, 5.41) is 5.37. The van der Waals surface area contributed by atoms with Crippen molar-refractivity contribution in [1.82, 2.24) is 15.2 Å². The molecule has 2 fully saturated rings. The van der Waals surface area contributed by atoms with E-state index in [1.807, 2.05) is 50.4 Å². The second-order valence-corrected chi connectivity index (χ2v) is 10.4. The van der Waals surface area contributed by atoms with Crippen molar-refractivity contribution in [2.45, 2.75) is 58.2 Å². The number of imide groups is 1. The first-order valence-electron chi connectivity index (χ1n) is 11.4. The largest absolute Gasteiger partial charge is 0.487 e. The van der Waals surface area contributed by atoms with Gasteiger partial charge in [-0.3, -0.25) is 14.9 Å². The van der Waals surface area contributed by atoms with Gasteiger partial charge in [0.25, 0.3) is 5.91 Å². The van der Waals surface area contributed by atoms with Gasteiger partial charge in [-0.2, -0.15) is 0 Å². The van der Waals surface area contributed by atoms with E-state index in [0.29, 0.717) is 36.9 Å². The van der Waals surface area contributed by atoms with E-state index in [-0.39, 0.29) is 24.3 Å². The summed E-state index contributed by atoms with van der Waals surface area (Å²) in [7, 11) is 0. The highest BCUT2D eigenvalue weighted by Gasteiger charge is 2.28. The van der Waals surface area contributed by atoms with Crippen LogP contribution in [0, 0.1) is 0 Å². The Hall–Kier alpha value is -3.20. The first kappa shape index (κ1) is 23.9. The second-order valence-electron chi connectivity index (χ2n) is 9.50. The molecule has 0 unspecified atom stereocenters. The van der Waals surface area contributed by atoms with Crippen molar-refractivity contribution in [3.63, 3.8) is 0 Å². The van der Waals surface area contributed by atoms with Crippen LogP contribution >= 0.6 is 11.3 Å². The number of ether oxygens (including phenoxy) is 2. The number of thiazole rings is 1. The Morgan fingerprint density at radius 3 is 2.53 bits per heavy atom. The molecule has 34 heavy (non-hydrogen) atoms. The molecule has 3 heterocycles. The van der Waals surface area contributed by atoms with Gasteiger partial charge in [0.2, 0.25) is 5.91 Å². The van der Waals surface area contributed by atoms with Crippen molar-refractivity contribution < 1.29 is 23.9 Å². The van der Waals surface area contributed by atoms with Crippen LogP contribution in [-0.4, -0.2) is 46.5 Å². The Morgan fingerprint density at radius 2 is 1.91 bits per heavy atom. The molecule has 0 saturated carbocycles. The third kappa shape index (κ3) is 6.22. The van der Waals surface area contributed by atoms with Crippen molar-refractivity contribution >= 4 is 35.3 Å². The van der Waals surface area contributed by atoms with Gasteiger partial charge in [-0.25, -0.2) is 9.78 Å². The van der Waals surface area contributed by atoms with Crippen molar-refractivity contribution in [2.75, 3.05) is 13.1 Å². The van der Waals surface area contributed by atoms with Crippen LogP contribution in [-0.2, 0) is 20.9 Å². The summed E-state index contributed by atoms with van der Waals surface area (Å²) in [6.45, 7) is 7.34. The Morgan fingerprint density at radius 1 is 1.21 bits per heavy atom. The predicted octanol–water partition coefficient (Wildman–Crippen LogP) is 4.27. The summed E-state index contributed by atoms with van der Waals surface area (Å²) >= 11 is 1.63. The van der Waals surface area contributed by atoms with E-state index in [0.717, 1.165) is 29.1 Å². The number of nitrogens with zero attached hydrogens (tertiary/aromatic N) is 2. The lowest BCUT2D eigenvalue weighted by atomic mass is 9.98. The minimum atomic E-state index is -0.484. The molecule has 8 nitrogen and oxygen atoms in total. The molecule has 2 saturated heterocycles. The number of nitrogens with one attached hydrogen (secondary N) is 1. The number of aromatic nitrogens is 1. The van der Waals surface area contributed by atoms with Crippen molar-refractivity contribution in [2.24, 2.45) is 0 Å². The number of carbonyl (C=O) groups is 3. The van der Waals surface area contributed by atoms with E-state index in [1.165, 1.54) is 0 Å². The van der Waals surface area contributed by atoms with Gasteiger partial charge in [0, 0.05) is 30.0 Å². The van der Waals surface area contributed by atoms with Gasteiger partial charge in [0.05, 0.1) is 17.1 Å². The molecule has 0 spiro atoms. The van der Waals surface area contributed by atoms with Gasteiger partial charge >= 0.3 is 6.09 Å². The van der Waals surface area contributed by atoms with E-state index >= 15 is 0 Å². The molecule has 0 atom stereocenters. The molecule has 180 valence electrons. The summed E-state index contributed by atoms with van der Waals surface area (Å²) in [4.78, 5) is 41.8. The summed E-state index contributed by atoms with van der Waals surface area (Å²) in [5.74, 6) is 0.436. The summed E-state index contributed by atoms with van der Waals surface area (Å²) < 4.78 is 11.3. The highest BCUT2D eigenvalue weighted by atomic mass is 32.1. The van der Waals surface area contributed by atoms with Crippen LogP contribution in [0.3, 0.4) is 0 Å². The van der Waals surface area contributed by atoms with Gasteiger partial charge < -0.3 is 14.4 Å². The van der Waals surface area contributed by atoms with E-state index in [9.17, 15) is 14.4 Å². The topological polar surface area (TPSA) is 97.8 Å². The van der Waals surface area contributed by atoms with Crippen molar-refractivity contribution in [3.05, 3.63) is 51.5 Å². The standard InChI is InChI=1S/C25H29N3O5S/c1-25(2,3)33-24(31)28-10-8-17(9-11-28)23-26-19(15-34-23)14-32-20-6-4-16(5-7-20)12-18-13-21(29)27-22(18)30/h4-7,12,15,17H,8-11,13-14H2,1-3H3,(H,27,29,30)/b18-12+. The van der Waals surface area contributed by atoms with Crippen LogP contribution < -0.4 is 10.1 Å². The third-order valence-corrected chi connectivity index (χ3v) is 6.62. The van der Waals surface area contributed by atoms with Crippen LogP contribution in [0.2, 0.25) is 0 Å². The van der Waals surface area contributed by atoms with E-state index in [1.54, 1.807) is 22.3 Å². The number of rotatable bonds is 5. The molecule has 1 aromatic heterocycles. The van der Waals surface area contributed by atoms with Crippen molar-refractivity contribution in [1.29, 1.82) is 0 Å². The van der Waals surface area contributed by atoms with Gasteiger partial charge in [-0.15, -0.1) is 11.3 Å². The zero-order valence-corrected chi connectivity index (χ0v) is 20.4. The van der Waals surface area contributed by atoms with Gasteiger partial charge in [0.1, 0.15) is 18.0 Å². The number of likely N-dealkylation sites (tertiary alicyclic amines) is 1. The molecule has 1 N–H and O–H groups in total. The van der Waals surface area contributed by atoms with Gasteiger partial charge in [-0.05, 0) is 57.4 Å². The lowest BCUT2D eigenvalue weighted by molar-refractivity contribution is -0.124. The molecular formula is C25H29N3O5S. The summed E-state index contributed by atoms with van der Waals surface area (Å²) in [5.41, 5.74) is 1.69. The molecule has 1 aromatic carbocycles. The number of benzene rings is 1. The highest BCUT2D eigenvalue weighted by molar-refractivity contribution is 7.09. The Bertz CT molecular complexity index is 1090. The Labute approximate surface area is 203 Å². The molecule has 3 amide bonds. The minimum absolute atomic E-state index is 0.114. The monoisotopic (exact) mass is 483 g/mol. The average molecular weight is 484 g/mol. The number of amides is 3. The Kier molecular flexibility index (Phi) is 7.02. The van der Waals surface area contributed by atoms with Gasteiger partial charge in [-0.1, -0.05) is 12.1 Å². The molecule has 2 aliphatic rings. The molecule has 9 heteroatoms. The number of hydrogen-bond donors (Lipinski definition) is 1. The fourth-order valence-corrected chi connectivity index (χ4v) is 4.83.